The van der Waals surface area contributed by atoms with E-state index in [-0.39, 0.29) is 16.2 Å². The predicted molar refractivity (Wildman–Crippen MR) is 99.7 cm³/mol. The maximum absolute atomic E-state index is 12.8. The summed E-state index contributed by atoms with van der Waals surface area (Å²) in [4.78, 5) is 24.4. The second kappa shape index (κ2) is 8.04. The molecule has 0 aliphatic heterocycles. The number of nitrogens with zero attached hydrogens (tertiary/aromatic N) is 3. The number of aliphatic imine (C=N–C) groups is 1. The van der Waals surface area contributed by atoms with Crippen LogP contribution in [-0.2, 0) is 6.18 Å². The molecule has 2 heterocycles. The van der Waals surface area contributed by atoms with Gasteiger partial charge in [-0.15, -0.1) is 29.8 Å². The maximum Gasteiger partial charge on any atom is 0.418 e. The van der Waals surface area contributed by atoms with Crippen LogP contribution in [0.25, 0.3) is 0 Å². The number of pyridine rings is 1. The molecule has 0 aliphatic carbocycles. The van der Waals surface area contributed by atoms with E-state index in [9.17, 15) is 18.0 Å². The predicted octanol–water partition coefficient (Wildman–Crippen LogP) is 4.31. The van der Waals surface area contributed by atoms with E-state index in [4.69, 9.17) is 11.6 Å². The molecule has 0 aromatic carbocycles. The monoisotopic (exact) mass is 426 g/mol. The highest BCUT2D eigenvalue weighted by atomic mass is 35.5. The van der Waals surface area contributed by atoms with Crippen LogP contribution < -0.4 is 5.32 Å². The summed E-state index contributed by atoms with van der Waals surface area (Å²) in [6.07, 6.45) is -2.47. The van der Waals surface area contributed by atoms with Gasteiger partial charge in [0.1, 0.15) is 15.7 Å². The van der Waals surface area contributed by atoms with E-state index >= 15 is 0 Å². The van der Waals surface area contributed by atoms with Crippen LogP contribution in [0.15, 0.2) is 23.5 Å². The molecule has 2 rings (SSSR count). The number of aromatic nitrogens is 2. The van der Waals surface area contributed by atoms with E-state index in [0.717, 1.165) is 17.5 Å². The minimum Gasteiger partial charge on any atom is -0.306 e. The molecule has 0 aliphatic rings. The highest BCUT2D eigenvalue weighted by Crippen LogP contribution is 2.35. The van der Waals surface area contributed by atoms with Crippen molar-refractivity contribution < 1.29 is 18.0 Å². The fraction of sp³-hybridized carbons (Fsp3) is 0.231. The molecule has 0 saturated heterocycles. The molecule has 12 heteroatoms. The molecule has 5 nitrogen and oxygen atoms in total. The number of thiazole rings is 1. The van der Waals surface area contributed by atoms with E-state index in [1.54, 1.807) is 6.92 Å². The van der Waals surface area contributed by atoms with Crippen molar-refractivity contribution in [2.75, 3.05) is 5.32 Å². The number of hydrogen-bond donors (Lipinski definition) is 1. The van der Waals surface area contributed by atoms with E-state index in [2.05, 4.69) is 38.8 Å². The molecule has 134 valence electrons. The van der Waals surface area contributed by atoms with Crippen molar-refractivity contribution in [1.29, 1.82) is 0 Å². The largest absolute Gasteiger partial charge is 0.418 e. The average molecular weight is 427 g/mol. The molecular formula is C13H12ClF3N4OP2S. The summed E-state index contributed by atoms with van der Waals surface area (Å²) in [6.45, 7) is 1.75. The SMILES string of the molecule is CC(=NC(P)P)c1ncc(C(=O)Nc2cc(C(F)(F)F)c(Cl)cn2)s1. The van der Waals surface area contributed by atoms with Gasteiger partial charge in [0.25, 0.3) is 5.91 Å². The van der Waals surface area contributed by atoms with Gasteiger partial charge in [0.2, 0.25) is 0 Å². The molecule has 2 aromatic heterocycles. The van der Waals surface area contributed by atoms with Gasteiger partial charge in [0.15, 0.2) is 0 Å². The first kappa shape index (κ1) is 20.2. The number of alkyl halides is 3. The van der Waals surface area contributed by atoms with Crippen molar-refractivity contribution in [1.82, 2.24) is 9.97 Å². The Hall–Kier alpha value is -1.14. The lowest BCUT2D eigenvalue weighted by atomic mass is 10.2. The van der Waals surface area contributed by atoms with Crippen LogP contribution >= 0.6 is 41.4 Å². The molecule has 1 N–H and O–H groups in total. The Labute approximate surface area is 154 Å². The first-order valence-electron chi connectivity index (χ1n) is 6.64. The Morgan fingerprint density at radius 2 is 2.04 bits per heavy atom. The lowest BCUT2D eigenvalue weighted by Gasteiger charge is -2.10. The van der Waals surface area contributed by atoms with Gasteiger partial charge in [0.05, 0.1) is 28.0 Å². The van der Waals surface area contributed by atoms with Crippen LogP contribution in [0.1, 0.15) is 27.2 Å². The van der Waals surface area contributed by atoms with Crippen molar-refractivity contribution in [2.45, 2.75) is 18.6 Å². The third-order valence-corrected chi connectivity index (χ3v) is 4.49. The molecule has 2 atom stereocenters. The van der Waals surface area contributed by atoms with Gasteiger partial charge in [-0.05, 0) is 13.0 Å². The maximum atomic E-state index is 12.8. The van der Waals surface area contributed by atoms with Crippen molar-refractivity contribution in [3.8, 4) is 0 Å². The quantitative estimate of drug-likeness (QED) is 0.585. The minimum absolute atomic E-state index is 0.0831. The molecule has 2 unspecified atom stereocenters. The molecule has 0 radical (unpaired) electrons. The Morgan fingerprint density at radius 3 is 2.64 bits per heavy atom. The molecule has 2 aromatic rings. The number of carbonyl (C=O) groups is 1. The normalized spacial score (nSPS) is 12.6. The second-order valence-electron chi connectivity index (χ2n) is 4.74. The Bertz CT molecular complexity index is 826. The van der Waals surface area contributed by atoms with Gasteiger partial charge >= 0.3 is 6.18 Å². The van der Waals surface area contributed by atoms with Crippen LogP contribution in [0.2, 0.25) is 5.02 Å². The third-order valence-electron chi connectivity index (χ3n) is 2.78. The second-order valence-corrected chi connectivity index (χ2v) is 8.31. The van der Waals surface area contributed by atoms with Gasteiger partial charge in [-0.25, -0.2) is 9.97 Å². The summed E-state index contributed by atoms with van der Waals surface area (Å²) < 4.78 is 38.5. The molecule has 1 amide bonds. The molecule has 25 heavy (non-hydrogen) atoms. The number of nitrogens with one attached hydrogen (secondary N) is 1. The van der Waals surface area contributed by atoms with Gasteiger partial charge in [0, 0.05) is 6.20 Å². The van der Waals surface area contributed by atoms with Crippen molar-refractivity contribution in [2.24, 2.45) is 4.99 Å². The van der Waals surface area contributed by atoms with Crippen molar-refractivity contribution in [3.05, 3.63) is 38.9 Å². The first-order valence-corrected chi connectivity index (χ1v) is 9.16. The highest BCUT2D eigenvalue weighted by molar-refractivity contribution is 7.37. The van der Waals surface area contributed by atoms with Crippen LogP contribution in [-0.4, -0.2) is 27.1 Å². The summed E-state index contributed by atoms with van der Waals surface area (Å²) in [7, 11) is 4.97. The molecule has 0 spiro atoms. The number of anilines is 1. The minimum atomic E-state index is -4.64. The first-order chi connectivity index (χ1) is 11.6. The number of carbonyl (C=O) groups excluding carboxylic acids is 1. The van der Waals surface area contributed by atoms with Crippen LogP contribution in [0.4, 0.5) is 19.0 Å². The van der Waals surface area contributed by atoms with Crippen LogP contribution in [0.3, 0.4) is 0 Å². The fourth-order valence-electron chi connectivity index (χ4n) is 1.73. The fourth-order valence-corrected chi connectivity index (χ4v) is 3.15. The summed E-state index contributed by atoms with van der Waals surface area (Å²) in [5.41, 5.74) is -0.511. The van der Waals surface area contributed by atoms with Crippen LogP contribution in [0, 0.1) is 0 Å². The van der Waals surface area contributed by atoms with Gasteiger partial charge in [-0.1, -0.05) is 11.6 Å². The standard InChI is InChI=1S/C13H12ClF3N4OP2S/c1-5(20-12(23)24)11-19-4-8(25-11)10(22)21-9-2-6(13(15,16)17)7(14)3-18-9/h2-4,12H,23-24H2,1H3,(H,18,21,22). The van der Waals surface area contributed by atoms with E-state index in [1.807, 2.05) is 0 Å². The molecule has 0 fully saturated rings. The number of hydrogen-bond acceptors (Lipinski definition) is 5. The zero-order valence-electron chi connectivity index (χ0n) is 12.6. The Morgan fingerprint density at radius 1 is 1.36 bits per heavy atom. The number of rotatable bonds is 4. The van der Waals surface area contributed by atoms with E-state index in [1.165, 1.54) is 6.20 Å². The topological polar surface area (TPSA) is 67.2 Å². The van der Waals surface area contributed by atoms with Crippen LogP contribution in [0.5, 0.6) is 0 Å². The molecular weight excluding hydrogens is 415 g/mol. The Kier molecular flexibility index (Phi) is 6.49. The zero-order valence-corrected chi connectivity index (χ0v) is 16.5. The Balaban J connectivity index is 2.20. The lowest BCUT2D eigenvalue weighted by molar-refractivity contribution is -0.137. The number of amides is 1. The molecule has 0 bridgehead atoms. The van der Waals surface area contributed by atoms with Crippen molar-refractivity contribution >= 4 is 58.9 Å². The smallest absolute Gasteiger partial charge is 0.306 e. The number of halogens is 4. The summed E-state index contributed by atoms with van der Waals surface area (Å²) >= 11 is 6.57. The van der Waals surface area contributed by atoms with Gasteiger partial charge < -0.3 is 5.32 Å². The summed E-state index contributed by atoms with van der Waals surface area (Å²) in [6, 6.07) is 0.683. The van der Waals surface area contributed by atoms with Gasteiger partial charge in [-0.2, -0.15) is 13.2 Å². The summed E-state index contributed by atoms with van der Waals surface area (Å²) in [5, 5.41) is 2.31. The summed E-state index contributed by atoms with van der Waals surface area (Å²) in [5.74, 6) is -0.871. The third kappa shape index (κ3) is 5.42. The van der Waals surface area contributed by atoms with Gasteiger partial charge in [-0.3, -0.25) is 9.79 Å². The zero-order chi connectivity index (χ0) is 18.8. The van der Waals surface area contributed by atoms with E-state index < -0.39 is 22.7 Å². The highest BCUT2D eigenvalue weighted by Gasteiger charge is 2.34. The van der Waals surface area contributed by atoms with Crippen molar-refractivity contribution in [3.63, 3.8) is 0 Å². The van der Waals surface area contributed by atoms with E-state index in [0.29, 0.717) is 16.8 Å². The lowest BCUT2D eigenvalue weighted by Crippen LogP contribution is -2.13. The molecule has 0 saturated carbocycles. The average Bonchev–Trinajstić information content (AvgIpc) is 2.97.